The van der Waals surface area contributed by atoms with Crippen LogP contribution in [0, 0.1) is 5.41 Å². The van der Waals surface area contributed by atoms with E-state index in [1.165, 1.54) is 18.4 Å². The first kappa shape index (κ1) is 20.9. The predicted molar refractivity (Wildman–Crippen MR) is 113 cm³/mol. The van der Waals surface area contributed by atoms with Crippen molar-refractivity contribution in [2.75, 3.05) is 13.8 Å². The lowest BCUT2D eigenvalue weighted by molar-refractivity contribution is 0.0874. The molecule has 3 heterocycles. The van der Waals surface area contributed by atoms with Crippen LogP contribution in [0.5, 0.6) is 0 Å². The summed E-state index contributed by atoms with van der Waals surface area (Å²) in [6.07, 6.45) is 3.25. The molecule has 3 rings (SSSR count). The van der Waals surface area contributed by atoms with Gasteiger partial charge in [0.25, 0.3) is 11.8 Å². The minimum atomic E-state index is -0.213. The minimum Gasteiger partial charge on any atom is -0.364 e. The number of methoxy groups -OCH3 is 1. The highest BCUT2D eigenvalue weighted by atomic mass is 32.1. The first-order valence-corrected chi connectivity index (χ1v) is 10.0. The summed E-state index contributed by atoms with van der Waals surface area (Å²) < 4.78 is 4.86. The van der Waals surface area contributed by atoms with E-state index in [1.54, 1.807) is 18.5 Å². The number of hydrogen-bond acceptors (Lipinski definition) is 6. The fourth-order valence-corrected chi connectivity index (χ4v) is 3.37. The summed E-state index contributed by atoms with van der Waals surface area (Å²) in [7, 11) is 1.51. The molecule has 0 radical (unpaired) electrons. The molecule has 8 nitrogen and oxygen atoms in total. The van der Waals surface area contributed by atoms with Gasteiger partial charge in [-0.3, -0.25) is 9.59 Å². The highest BCUT2D eigenvalue weighted by molar-refractivity contribution is 7.17. The Morgan fingerprint density at radius 1 is 1.28 bits per heavy atom. The van der Waals surface area contributed by atoms with Crippen LogP contribution < -0.4 is 10.6 Å². The van der Waals surface area contributed by atoms with Crippen molar-refractivity contribution in [3.63, 3.8) is 0 Å². The van der Waals surface area contributed by atoms with E-state index in [1.807, 2.05) is 13.0 Å². The zero-order chi connectivity index (χ0) is 21.2. The van der Waals surface area contributed by atoms with Gasteiger partial charge in [0.15, 0.2) is 5.65 Å². The van der Waals surface area contributed by atoms with E-state index in [4.69, 9.17) is 4.74 Å². The fraction of sp³-hybridized carbons (Fsp3) is 0.400. The number of nitrogens with zero attached hydrogens (tertiary/aromatic N) is 2. The first-order chi connectivity index (χ1) is 13.7. The molecule has 3 aromatic rings. The predicted octanol–water partition coefficient (Wildman–Crippen LogP) is 3.18. The lowest BCUT2D eigenvalue weighted by Gasteiger charge is -2.27. The van der Waals surface area contributed by atoms with Gasteiger partial charge in [-0.1, -0.05) is 20.8 Å². The van der Waals surface area contributed by atoms with Crippen molar-refractivity contribution in [2.45, 2.75) is 33.7 Å². The van der Waals surface area contributed by atoms with Crippen LogP contribution in [0.1, 0.15) is 47.7 Å². The highest BCUT2D eigenvalue weighted by Crippen LogP contribution is 2.28. The van der Waals surface area contributed by atoms with Crippen molar-refractivity contribution in [3.05, 3.63) is 35.0 Å². The Labute approximate surface area is 173 Å². The number of aromatic amines is 1. The molecule has 0 aliphatic heterocycles. The van der Waals surface area contributed by atoms with Gasteiger partial charge >= 0.3 is 0 Å². The molecule has 0 spiro atoms. The zero-order valence-corrected chi connectivity index (χ0v) is 17.9. The van der Waals surface area contributed by atoms with Gasteiger partial charge in [0.1, 0.15) is 12.2 Å². The highest BCUT2D eigenvalue weighted by Gasteiger charge is 2.24. The second kappa shape index (κ2) is 8.30. The van der Waals surface area contributed by atoms with Gasteiger partial charge in [0.2, 0.25) is 0 Å². The number of ether oxygens (including phenoxy) is 1. The first-order valence-electron chi connectivity index (χ1n) is 9.23. The molecule has 2 amide bonds. The van der Waals surface area contributed by atoms with Gasteiger partial charge in [-0.15, -0.1) is 11.3 Å². The van der Waals surface area contributed by atoms with Gasteiger partial charge in [0.05, 0.1) is 27.2 Å². The Bertz CT molecular complexity index is 1030. The second-order valence-corrected chi connectivity index (χ2v) is 8.90. The normalized spacial score (nSPS) is 12.7. The molecule has 9 heteroatoms. The van der Waals surface area contributed by atoms with Crippen molar-refractivity contribution in [3.8, 4) is 10.6 Å². The van der Waals surface area contributed by atoms with Gasteiger partial charge in [-0.2, -0.15) is 0 Å². The number of carbonyl (C=O) groups is 2. The molecule has 0 unspecified atom stereocenters. The molecule has 29 heavy (non-hydrogen) atoms. The van der Waals surface area contributed by atoms with Crippen LogP contribution in [0.15, 0.2) is 24.5 Å². The van der Waals surface area contributed by atoms with Crippen LogP contribution in [0.3, 0.4) is 0 Å². The molecule has 0 fully saturated rings. The number of thiophene rings is 1. The summed E-state index contributed by atoms with van der Waals surface area (Å²) in [4.78, 5) is 38.2. The van der Waals surface area contributed by atoms with Gasteiger partial charge < -0.3 is 20.4 Å². The van der Waals surface area contributed by atoms with Crippen LogP contribution in [-0.4, -0.2) is 46.6 Å². The Morgan fingerprint density at radius 2 is 2.03 bits per heavy atom. The number of nitrogens with one attached hydrogen (secondary N) is 3. The summed E-state index contributed by atoms with van der Waals surface area (Å²) in [6.45, 7) is 8.34. The molecule has 0 saturated heterocycles. The Kier molecular flexibility index (Phi) is 5.99. The van der Waals surface area contributed by atoms with E-state index < -0.39 is 0 Å². The minimum absolute atomic E-state index is 0.0124. The molecule has 154 valence electrons. The topological polar surface area (TPSA) is 109 Å². The molecule has 0 saturated carbocycles. The van der Waals surface area contributed by atoms with Crippen LogP contribution in [0.4, 0.5) is 0 Å². The number of amides is 2. The zero-order valence-electron chi connectivity index (χ0n) is 17.1. The number of hydrogen-bond donors (Lipinski definition) is 3. The summed E-state index contributed by atoms with van der Waals surface area (Å²) in [5, 5.41) is 5.67. The number of carbonyl (C=O) groups excluding carboxylic acids is 2. The monoisotopic (exact) mass is 415 g/mol. The molecule has 0 aromatic carbocycles. The standard InChI is InChI=1S/C20H25N5O3S/c1-11(20(2,3)4)24-18(26)12-8-21-17-16(12)25-13(9-22-17)14-6-7-15(29-14)19(27)23-10-28-5/h6-9,11H,10H2,1-5H3,(H,21,22)(H,23,27)(H,24,26)/t11-/m0/s1. The van der Waals surface area contributed by atoms with E-state index in [0.29, 0.717) is 27.3 Å². The average Bonchev–Trinajstić information content (AvgIpc) is 3.31. The third kappa shape index (κ3) is 4.63. The lowest BCUT2D eigenvalue weighted by Crippen LogP contribution is -2.41. The van der Waals surface area contributed by atoms with Crippen LogP contribution in [0.25, 0.3) is 21.7 Å². The molecule has 1 atom stereocenters. The number of rotatable bonds is 6. The summed E-state index contributed by atoms with van der Waals surface area (Å²) in [5.41, 5.74) is 2.03. The molecule has 0 aliphatic carbocycles. The van der Waals surface area contributed by atoms with E-state index >= 15 is 0 Å². The van der Waals surface area contributed by atoms with Gasteiger partial charge in [-0.25, -0.2) is 9.97 Å². The van der Waals surface area contributed by atoms with Crippen molar-refractivity contribution in [1.29, 1.82) is 0 Å². The van der Waals surface area contributed by atoms with Crippen LogP contribution in [-0.2, 0) is 4.74 Å². The number of aromatic nitrogens is 3. The maximum absolute atomic E-state index is 12.8. The van der Waals surface area contributed by atoms with E-state index in [0.717, 1.165) is 4.88 Å². The third-order valence-electron chi connectivity index (χ3n) is 4.73. The van der Waals surface area contributed by atoms with E-state index in [-0.39, 0.29) is 30.0 Å². The Balaban J connectivity index is 1.87. The SMILES string of the molecule is COCNC(=O)c1ccc(-c2cnc3[nH]cc(C(=O)N[C@@H](C)C(C)(C)C)c3n2)s1. The molecular weight excluding hydrogens is 390 g/mol. The van der Waals surface area contributed by atoms with Crippen LogP contribution >= 0.6 is 11.3 Å². The second-order valence-electron chi connectivity index (χ2n) is 7.82. The lowest BCUT2D eigenvalue weighted by atomic mass is 9.88. The maximum atomic E-state index is 12.8. The van der Waals surface area contributed by atoms with E-state index in [2.05, 4.69) is 46.4 Å². The average molecular weight is 416 g/mol. The van der Waals surface area contributed by atoms with Crippen molar-refractivity contribution >= 4 is 34.3 Å². The summed E-state index contributed by atoms with van der Waals surface area (Å²) in [6, 6.07) is 3.53. The third-order valence-corrected chi connectivity index (χ3v) is 5.84. The number of fused-ring (bicyclic) bond motifs is 1. The van der Waals surface area contributed by atoms with Crippen molar-refractivity contribution in [1.82, 2.24) is 25.6 Å². The molecule has 3 aromatic heterocycles. The molecule has 0 aliphatic rings. The summed E-state index contributed by atoms with van der Waals surface area (Å²) >= 11 is 1.30. The van der Waals surface area contributed by atoms with E-state index in [9.17, 15) is 9.59 Å². The molecular formula is C20H25N5O3S. The molecule has 3 N–H and O–H groups in total. The van der Waals surface area contributed by atoms with Gasteiger partial charge in [0, 0.05) is 19.3 Å². The number of H-pyrrole nitrogens is 1. The largest absolute Gasteiger partial charge is 0.364 e. The summed E-state index contributed by atoms with van der Waals surface area (Å²) in [5.74, 6) is -0.411. The smallest absolute Gasteiger partial charge is 0.263 e. The quantitative estimate of drug-likeness (QED) is 0.536. The van der Waals surface area contributed by atoms with Crippen LogP contribution in [0.2, 0.25) is 0 Å². The maximum Gasteiger partial charge on any atom is 0.263 e. The molecule has 0 bridgehead atoms. The Hall–Kier alpha value is -2.78. The Morgan fingerprint density at radius 3 is 2.72 bits per heavy atom. The van der Waals surface area contributed by atoms with Crippen molar-refractivity contribution in [2.24, 2.45) is 5.41 Å². The fourth-order valence-electron chi connectivity index (χ4n) is 2.50. The van der Waals surface area contributed by atoms with Gasteiger partial charge in [-0.05, 0) is 24.5 Å². The van der Waals surface area contributed by atoms with Crippen molar-refractivity contribution < 1.29 is 14.3 Å².